The van der Waals surface area contributed by atoms with Crippen LogP contribution in [0.5, 0.6) is 0 Å². The van der Waals surface area contributed by atoms with Gasteiger partial charge >= 0.3 is 6.09 Å². The molecule has 0 radical (unpaired) electrons. The van der Waals surface area contributed by atoms with Crippen molar-refractivity contribution in [2.45, 2.75) is 44.7 Å². The molecule has 1 aliphatic heterocycles. The number of pyridine rings is 1. The maximum atomic E-state index is 12.4. The summed E-state index contributed by atoms with van der Waals surface area (Å²) in [5.74, 6) is 0.589. The number of hydrogen-bond acceptors (Lipinski definition) is 5. The molecule has 7 heteroatoms. The van der Waals surface area contributed by atoms with Crippen LogP contribution >= 0.6 is 0 Å². The number of amides is 2. The van der Waals surface area contributed by atoms with E-state index in [0.717, 1.165) is 31.5 Å². The van der Waals surface area contributed by atoms with Crippen LogP contribution in [0.4, 0.5) is 10.6 Å². The Kier molecular flexibility index (Phi) is 5.17. The minimum Gasteiger partial charge on any atom is -0.450 e. The predicted octanol–water partition coefficient (Wildman–Crippen LogP) is 2.01. The zero-order valence-electron chi connectivity index (χ0n) is 14.0. The highest BCUT2D eigenvalue weighted by Crippen LogP contribution is 2.23. The molecule has 130 valence electrons. The summed E-state index contributed by atoms with van der Waals surface area (Å²) in [6, 6.07) is 6.01. The Morgan fingerprint density at radius 1 is 1.21 bits per heavy atom. The summed E-state index contributed by atoms with van der Waals surface area (Å²) in [6.45, 7) is 3.37. The summed E-state index contributed by atoms with van der Waals surface area (Å²) in [7, 11) is 0. The van der Waals surface area contributed by atoms with Crippen molar-refractivity contribution in [1.82, 2.24) is 15.2 Å². The lowest BCUT2D eigenvalue weighted by atomic mass is 10.1. The van der Waals surface area contributed by atoms with Crippen LogP contribution in [0.15, 0.2) is 18.2 Å². The molecular formula is C17H24N4O3. The molecule has 24 heavy (non-hydrogen) atoms. The number of anilines is 1. The summed E-state index contributed by atoms with van der Waals surface area (Å²) in [5, 5.41) is 6.31. The van der Waals surface area contributed by atoms with E-state index in [4.69, 9.17) is 4.74 Å². The first-order valence-electron chi connectivity index (χ1n) is 8.62. The van der Waals surface area contributed by atoms with Gasteiger partial charge in [-0.1, -0.05) is 6.07 Å². The Labute approximate surface area is 141 Å². The van der Waals surface area contributed by atoms with E-state index in [0.29, 0.717) is 31.4 Å². The van der Waals surface area contributed by atoms with E-state index >= 15 is 0 Å². The molecule has 3 rings (SSSR count). The number of likely N-dealkylation sites (tertiary alicyclic amines) is 1. The predicted molar refractivity (Wildman–Crippen MR) is 90.0 cm³/mol. The third-order valence-electron chi connectivity index (χ3n) is 4.27. The quantitative estimate of drug-likeness (QED) is 0.862. The van der Waals surface area contributed by atoms with Gasteiger partial charge in [0, 0.05) is 25.2 Å². The van der Waals surface area contributed by atoms with Crippen LogP contribution in [0.25, 0.3) is 0 Å². The van der Waals surface area contributed by atoms with Gasteiger partial charge in [-0.05, 0) is 44.7 Å². The Hall–Kier alpha value is -2.31. The maximum absolute atomic E-state index is 12.4. The summed E-state index contributed by atoms with van der Waals surface area (Å²) in [5.41, 5.74) is 0.425. The fraction of sp³-hybridized carbons (Fsp3) is 0.588. The summed E-state index contributed by atoms with van der Waals surface area (Å²) in [6.07, 6.45) is 3.51. The van der Waals surface area contributed by atoms with Gasteiger partial charge in [-0.15, -0.1) is 0 Å². The van der Waals surface area contributed by atoms with E-state index in [1.165, 1.54) is 0 Å². The normalized spacial score (nSPS) is 18.1. The molecule has 0 bridgehead atoms. The lowest BCUT2D eigenvalue weighted by molar-refractivity contribution is 0.0856. The zero-order valence-corrected chi connectivity index (χ0v) is 14.0. The van der Waals surface area contributed by atoms with Crippen LogP contribution in [-0.4, -0.2) is 53.7 Å². The molecule has 0 atom stereocenters. The van der Waals surface area contributed by atoms with Crippen molar-refractivity contribution in [3.63, 3.8) is 0 Å². The number of carbonyl (C=O) groups excluding carboxylic acids is 2. The smallest absolute Gasteiger partial charge is 0.409 e. The summed E-state index contributed by atoms with van der Waals surface area (Å²) < 4.78 is 5.00. The number of ether oxygens (including phenoxy) is 1. The fourth-order valence-corrected chi connectivity index (χ4v) is 2.76. The molecule has 7 nitrogen and oxygen atoms in total. The van der Waals surface area contributed by atoms with Gasteiger partial charge in [0.05, 0.1) is 6.61 Å². The lowest BCUT2D eigenvalue weighted by Gasteiger charge is -2.31. The molecule has 2 heterocycles. The Morgan fingerprint density at radius 3 is 2.62 bits per heavy atom. The minimum absolute atomic E-state index is 0.0602. The van der Waals surface area contributed by atoms with Crippen molar-refractivity contribution in [2.24, 2.45) is 0 Å². The van der Waals surface area contributed by atoms with E-state index < -0.39 is 0 Å². The van der Waals surface area contributed by atoms with E-state index in [2.05, 4.69) is 15.6 Å². The number of hydrogen-bond donors (Lipinski definition) is 2. The zero-order chi connectivity index (χ0) is 16.9. The molecule has 1 aliphatic carbocycles. The molecule has 1 saturated carbocycles. The second kappa shape index (κ2) is 7.51. The van der Waals surface area contributed by atoms with Crippen LogP contribution in [0.1, 0.15) is 43.1 Å². The molecule has 1 aromatic rings. The second-order valence-corrected chi connectivity index (χ2v) is 6.26. The van der Waals surface area contributed by atoms with Gasteiger partial charge in [0.25, 0.3) is 5.91 Å². The van der Waals surface area contributed by atoms with E-state index in [9.17, 15) is 9.59 Å². The van der Waals surface area contributed by atoms with Crippen LogP contribution in [-0.2, 0) is 4.74 Å². The fourth-order valence-electron chi connectivity index (χ4n) is 2.76. The molecular weight excluding hydrogens is 308 g/mol. The van der Waals surface area contributed by atoms with Crippen LogP contribution < -0.4 is 10.6 Å². The first kappa shape index (κ1) is 16.5. The molecule has 2 fully saturated rings. The van der Waals surface area contributed by atoms with Gasteiger partial charge in [-0.2, -0.15) is 0 Å². The van der Waals surface area contributed by atoms with Gasteiger partial charge in [0.15, 0.2) is 0 Å². The van der Waals surface area contributed by atoms with Gasteiger partial charge < -0.3 is 20.3 Å². The van der Waals surface area contributed by atoms with E-state index in [1.54, 1.807) is 17.9 Å². The van der Waals surface area contributed by atoms with Crippen molar-refractivity contribution in [3.05, 3.63) is 23.9 Å². The van der Waals surface area contributed by atoms with Gasteiger partial charge in [-0.3, -0.25) is 4.79 Å². The average Bonchev–Trinajstić information content (AvgIpc) is 3.40. The van der Waals surface area contributed by atoms with Crippen molar-refractivity contribution in [1.29, 1.82) is 0 Å². The summed E-state index contributed by atoms with van der Waals surface area (Å²) in [4.78, 5) is 30.1. The van der Waals surface area contributed by atoms with Gasteiger partial charge in [0.1, 0.15) is 11.5 Å². The van der Waals surface area contributed by atoms with Crippen LogP contribution in [0.2, 0.25) is 0 Å². The highest BCUT2D eigenvalue weighted by molar-refractivity contribution is 5.92. The SMILES string of the molecule is CCOC(=O)N1CCC(NC(=O)c2cccc(NC3CC3)n2)CC1. The molecule has 0 aromatic carbocycles. The molecule has 2 aliphatic rings. The number of piperidine rings is 1. The highest BCUT2D eigenvalue weighted by atomic mass is 16.6. The number of carbonyl (C=O) groups is 2. The van der Waals surface area contributed by atoms with Crippen molar-refractivity contribution in [2.75, 3.05) is 25.0 Å². The average molecular weight is 332 g/mol. The number of nitrogens with one attached hydrogen (secondary N) is 2. The van der Waals surface area contributed by atoms with Gasteiger partial charge in [-0.25, -0.2) is 9.78 Å². The molecule has 1 saturated heterocycles. The summed E-state index contributed by atoms with van der Waals surface area (Å²) >= 11 is 0. The Balaban J connectivity index is 1.49. The second-order valence-electron chi connectivity index (χ2n) is 6.26. The molecule has 2 amide bonds. The number of nitrogens with zero attached hydrogens (tertiary/aromatic N) is 2. The monoisotopic (exact) mass is 332 g/mol. The Bertz CT molecular complexity index is 595. The topological polar surface area (TPSA) is 83.6 Å². The van der Waals surface area contributed by atoms with E-state index in [-0.39, 0.29) is 18.0 Å². The van der Waals surface area contributed by atoms with E-state index in [1.807, 2.05) is 12.1 Å². The third-order valence-corrected chi connectivity index (χ3v) is 4.27. The minimum atomic E-state index is -0.275. The first-order valence-corrected chi connectivity index (χ1v) is 8.62. The maximum Gasteiger partial charge on any atom is 0.409 e. The van der Waals surface area contributed by atoms with Crippen molar-refractivity contribution >= 4 is 17.8 Å². The standard InChI is InChI=1S/C17H24N4O3/c1-2-24-17(23)21-10-8-13(9-11-21)19-16(22)14-4-3-5-15(20-14)18-12-6-7-12/h3-5,12-13H,2,6-11H2,1H3,(H,18,20)(H,19,22). The molecule has 0 unspecified atom stereocenters. The first-order chi connectivity index (χ1) is 11.7. The Morgan fingerprint density at radius 2 is 1.96 bits per heavy atom. The molecule has 0 spiro atoms. The van der Waals surface area contributed by atoms with Crippen molar-refractivity contribution in [3.8, 4) is 0 Å². The number of aromatic nitrogens is 1. The number of rotatable bonds is 5. The third kappa shape index (κ3) is 4.37. The van der Waals surface area contributed by atoms with Crippen LogP contribution in [0, 0.1) is 0 Å². The molecule has 2 N–H and O–H groups in total. The van der Waals surface area contributed by atoms with Crippen molar-refractivity contribution < 1.29 is 14.3 Å². The van der Waals surface area contributed by atoms with Gasteiger partial charge in [0.2, 0.25) is 0 Å². The lowest BCUT2D eigenvalue weighted by Crippen LogP contribution is -2.46. The highest BCUT2D eigenvalue weighted by Gasteiger charge is 2.25. The largest absolute Gasteiger partial charge is 0.450 e. The van der Waals surface area contributed by atoms with Crippen LogP contribution in [0.3, 0.4) is 0 Å². The molecule has 1 aromatic heterocycles.